The van der Waals surface area contributed by atoms with Crippen LogP contribution < -0.4 is 10.3 Å². The number of hydrogen-bond donors (Lipinski definition) is 1. The van der Waals surface area contributed by atoms with Crippen LogP contribution in [-0.4, -0.2) is 21.9 Å². The molecule has 0 radical (unpaired) electrons. The zero-order chi connectivity index (χ0) is 16.0. The number of nitrogens with zero attached hydrogens (tertiary/aromatic N) is 2. The first-order valence-corrected chi connectivity index (χ1v) is 7.32. The van der Waals surface area contributed by atoms with Crippen LogP contribution in [0.1, 0.15) is 5.56 Å². The third-order valence-electron chi connectivity index (χ3n) is 4.00. The molecular weight excluding hydrogens is 290 g/mol. The second-order valence-electron chi connectivity index (χ2n) is 5.51. The van der Waals surface area contributed by atoms with Gasteiger partial charge in [-0.2, -0.15) is 9.78 Å². The number of fused-ring (bicyclic) bond motifs is 3. The first-order chi connectivity index (χ1) is 11.2. The molecule has 0 unspecified atom stereocenters. The van der Waals surface area contributed by atoms with Crippen LogP contribution in [0.5, 0.6) is 5.75 Å². The zero-order valence-corrected chi connectivity index (χ0v) is 12.8. The fourth-order valence-electron chi connectivity index (χ4n) is 2.77. The van der Waals surface area contributed by atoms with E-state index in [-0.39, 0.29) is 5.56 Å². The summed E-state index contributed by atoms with van der Waals surface area (Å²) in [5.74, 6) is 0.743. The van der Waals surface area contributed by atoms with E-state index in [1.807, 2.05) is 49.4 Å². The van der Waals surface area contributed by atoms with Crippen molar-refractivity contribution in [1.82, 2.24) is 14.8 Å². The van der Waals surface area contributed by atoms with Gasteiger partial charge in [0.1, 0.15) is 11.4 Å². The van der Waals surface area contributed by atoms with Crippen LogP contribution in [0.15, 0.2) is 53.5 Å². The average Bonchev–Trinajstić information content (AvgIpc) is 2.92. The number of nitrogens with one attached hydrogen (secondary N) is 1. The van der Waals surface area contributed by atoms with Gasteiger partial charge in [-0.1, -0.05) is 11.6 Å². The van der Waals surface area contributed by atoms with Crippen LogP contribution in [0.4, 0.5) is 0 Å². The molecule has 2 aromatic carbocycles. The minimum absolute atomic E-state index is 0.134. The van der Waals surface area contributed by atoms with Gasteiger partial charge in [-0.15, -0.1) is 0 Å². The van der Waals surface area contributed by atoms with Crippen LogP contribution in [0, 0.1) is 6.92 Å². The minimum atomic E-state index is -0.134. The maximum atomic E-state index is 12.7. The number of benzene rings is 2. The first kappa shape index (κ1) is 13.6. The molecule has 0 aliphatic carbocycles. The Morgan fingerprint density at radius 2 is 1.91 bits per heavy atom. The number of pyridine rings is 1. The van der Waals surface area contributed by atoms with Crippen LogP contribution in [-0.2, 0) is 0 Å². The predicted molar refractivity (Wildman–Crippen MR) is 89.6 cm³/mol. The molecule has 0 saturated heterocycles. The number of H-pyrrole nitrogens is 1. The monoisotopic (exact) mass is 305 g/mol. The van der Waals surface area contributed by atoms with Gasteiger partial charge in [0.05, 0.1) is 18.4 Å². The topological polar surface area (TPSA) is 59.9 Å². The van der Waals surface area contributed by atoms with E-state index in [0.29, 0.717) is 16.9 Å². The smallest absolute Gasteiger partial charge is 0.282 e. The third-order valence-corrected chi connectivity index (χ3v) is 4.00. The Morgan fingerprint density at radius 1 is 1.13 bits per heavy atom. The van der Waals surface area contributed by atoms with E-state index in [0.717, 1.165) is 22.2 Å². The molecule has 0 fully saturated rings. The molecule has 114 valence electrons. The molecule has 5 heteroatoms. The number of ether oxygens (including phenoxy) is 1. The summed E-state index contributed by atoms with van der Waals surface area (Å²) in [5.41, 5.74) is 3.96. The van der Waals surface area contributed by atoms with Crippen molar-refractivity contribution in [2.24, 2.45) is 0 Å². The van der Waals surface area contributed by atoms with Crippen LogP contribution in [0.3, 0.4) is 0 Å². The van der Waals surface area contributed by atoms with Crippen LogP contribution in [0.2, 0.25) is 0 Å². The van der Waals surface area contributed by atoms with Gasteiger partial charge in [-0.05, 0) is 43.3 Å². The Morgan fingerprint density at radius 3 is 2.65 bits per heavy atom. The second kappa shape index (κ2) is 4.98. The van der Waals surface area contributed by atoms with E-state index in [1.165, 1.54) is 4.68 Å². The fraction of sp³-hybridized carbons (Fsp3) is 0.111. The lowest BCUT2D eigenvalue weighted by atomic mass is 10.1. The molecule has 2 heterocycles. The lowest BCUT2D eigenvalue weighted by molar-refractivity contribution is 0.414. The molecule has 0 atom stereocenters. The number of hydrogen-bond acceptors (Lipinski definition) is 3. The lowest BCUT2D eigenvalue weighted by Crippen LogP contribution is -2.14. The van der Waals surface area contributed by atoms with Crippen molar-refractivity contribution in [1.29, 1.82) is 0 Å². The Bertz CT molecular complexity index is 1030. The summed E-state index contributed by atoms with van der Waals surface area (Å²) < 4.78 is 6.58. The second-order valence-corrected chi connectivity index (χ2v) is 5.51. The molecule has 0 saturated carbocycles. The Kier molecular flexibility index (Phi) is 2.94. The average molecular weight is 305 g/mol. The molecular formula is C18H15N3O2. The van der Waals surface area contributed by atoms with Crippen molar-refractivity contribution in [3.63, 3.8) is 0 Å². The number of aryl methyl sites for hydroxylation is 1. The molecule has 0 aromatic heterocycles. The van der Waals surface area contributed by atoms with E-state index in [2.05, 4.69) is 10.1 Å². The Labute approximate surface area is 132 Å². The molecule has 4 rings (SSSR count). The molecule has 2 aromatic rings. The van der Waals surface area contributed by atoms with Gasteiger partial charge in [0.25, 0.3) is 5.56 Å². The Balaban J connectivity index is 1.99. The normalized spacial score (nSPS) is 11.2. The number of aromatic amines is 1. The van der Waals surface area contributed by atoms with E-state index >= 15 is 0 Å². The standard InChI is InChI=1S/C18H15N3O2/c1-11-3-8-16-14(9-11)17-15(10-19-16)18(22)21(20-17)12-4-6-13(23-2)7-5-12/h3-10,19H,1-2H3. The van der Waals surface area contributed by atoms with E-state index in [9.17, 15) is 4.79 Å². The predicted octanol–water partition coefficient (Wildman–Crippen LogP) is 3.14. The van der Waals surface area contributed by atoms with Crippen molar-refractivity contribution in [2.45, 2.75) is 6.92 Å². The maximum Gasteiger partial charge on any atom is 0.282 e. The molecule has 23 heavy (non-hydrogen) atoms. The van der Waals surface area contributed by atoms with Gasteiger partial charge in [-0.3, -0.25) is 4.79 Å². The summed E-state index contributed by atoms with van der Waals surface area (Å²) >= 11 is 0. The van der Waals surface area contributed by atoms with Crippen molar-refractivity contribution in [3.8, 4) is 22.7 Å². The first-order valence-electron chi connectivity index (χ1n) is 7.32. The summed E-state index contributed by atoms with van der Waals surface area (Å²) in [6.45, 7) is 2.02. The zero-order valence-electron chi connectivity index (χ0n) is 12.8. The van der Waals surface area contributed by atoms with Gasteiger partial charge in [0, 0.05) is 17.1 Å². The van der Waals surface area contributed by atoms with Gasteiger partial charge in [0.15, 0.2) is 0 Å². The van der Waals surface area contributed by atoms with E-state index in [4.69, 9.17) is 4.74 Å². The highest BCUT2D eigenvalue weighted by molar-refractivity contribution is 5.93. The van der Waals surface area contributed by atoms with E-state index in [1.54, 1.807) is 13.3 Å². The summed E-state index contributed by atoms with van der Waals surface area (Å²) in [5, 5.41) is 5.50. The number of methoxy groups -OCH3 is 1. The number of rotatable bonds is 2. The highest BCUT2D eigenvalue weighted by Gasteiger charge is 2.18. The largest absolute Gasteiger partial charge is 0.497 e. The van der Waals surface area contributed by atoms with E-state index < -0.39 is 0 Å². The van der Waals surface area contributed by atoms with Gasteiger partial charge >= 0.3 is 0 Å². The number of aromatic nitrogens is 3. The molecule has 0 spiro atoms. The van der Waals surface area contributed by atoms with Crippen LogP contribution >= 0.6 is 0 Å². The van der Waals surface area contributed by atoms with Crippen molar-refractivity contribution >= 4 is 10.9 Å². The molecule has 0 bridgehead atoms. The molecule has 5 nitrogen and oxygen atoms in total. The third kappa shape index (κ3) is 2.09. The highest BCUT2D eigenvalue weighted by atomic mass is 16.5. The molecule has 2 aliphatic heterocycles. The van der Waals surface area contributed by atoms with Crippen molar-refractivity contribution in [2.75, 3.05) is 7.11 Å². The Hall–Kier alpha value is -3.08. The summed E-state index contributed by atoms with van der Waals surface area (Å²) in [4.78, 5) is 15.8. The lowest BCUT2D eigenvalue weighted by Gasteiger charge is -2.03. The quantitative estimate of drug-likeness (QED) is 0.619. The van der Waals surface area contributed by atoms with Gasteiger partial charge in [0.2, 0.25) is 0 Å². The fourth-order valence-corrected chi connectivity index (χ4v) is 2.77. The van der Waals surface area contributed by atoms with Gasteiger partial charge in [-0.25, -0.2) is 0 Å². The minimum Gasteiger partial charge on any atom is -0.497 e. The van der Waals surface area contributed by atoms with Crippen LogP contribution in [0.25, 0.3) is 27.8 Å². The summed E-state index contributed by atoms with van der Waals surface area (Å²) in [6.07, 6.45) is 1.72. The molecule has 1 N–H and O–H groups in total. The molecule has 2 aliphatic rings. The SMILES string of the molecule is COc1ccc(-n2nc3c4cc(C)ccc4[nH]cc-3c2=O)cc1. The maximum absolute atomic E-state index is 12.7. The highest BCUT2D eigenvalue weighted by Crippen LogP contribution is 2.27. The van der Waals surface area contributed by atoms with Crippen molar-refractivity contribution in [3.05, 3.63) is 64.6 Å². The molecule has 0 amide bonds. The van der Waals surface area contributed by atoms with Gasteiger partial charge < -0.3 is 9.72 Å². The summed E-state index contributed by atoms with van der Waals surface area (Å²) in [6, 6.07) is 13.3. The van der Waals surface area contributed by atoms with Crippen molar-refractivity contribution < 1.29 is 4.74 Å². The summed E-state index contributed by atoms with van der Waals surface area (Å²) in [7, 11) is 1.61.